The van der Waals surface area contributed by atoms with Crippen molar-refractivity contribution < 1.29 is 0 Å². The quantitative estimate of drug-likeness (QED) is 0.162. The van der Waals surface area contributed by atoms with Crippen molar-refractivity contribution in [3.63, 3.8) is 0 Å². The Morgan fingerprint density at radius 2 is 0.482 bits per heavy atom. The summed E-state index contributed by atoms with van der Waals surface area (Å²) in [6.07, 6.45) is 0. The highest BCUT2D eigenvalue weighted by Gasteiger charge is 2.14. The molecule has 0 amide bonds. The van der Waals surface area contributed by atoms with Crippen LogP contribution < -0.4 is 0 Å². The van der Waals surface area contributed by atoms with Gasteiger partial charge < -0.3 is 9.13 Å². The minimum Gasteiger partial charge on any atom is -0.309 e. The largest absolute Gasteiger partial charge is 0.309 e. The Bertz CT molecular complexity index is 3110. The van der Waals surface area contributed by atoms with Crippen molar-refractivity contribution in [1.29, 1.82) is 0 Å². The summed E-state index contributed by atoms with van der Waals surface area (Å²) in [7, 11) is 0. The van der Waals surface area contributed by atoms with E-state index in [1.807, 2.05) is 0 Å². The average Bonchev–Trinajstić information content (AvgIpc) is 3.80. The molecule has 262 valence electrons. The van der Waals surface area contributed by atoms with Gasteiger partial charge in [-0.2, -0.15) is 0 Å². The molecule has 0 saturated heterocycles. The Balaban J connectivity index is 0.975. The summed E-state index contributed by atoms with van der Waals surface area (Å²) in [5, 5.41) is 5.09. The maximum Gasteiger partial charge on any atom is 0.0541 e. The van der Waals surface area contributed by atoms with Crippen molar-refractivity contribution in [2.75, 3.05) is 0 Å². The molecule has 0 spiro atoms. The first-order valence-corrected chi connectivity index (χ1v) is 19.3. The molecule has 11 rings (SSSR count). The molecule has 9 aromatic carbocycles. The van der Waals surface area contributed by atoms with Crippen LogP contribution in [0.3, 0.4) is 0 Å². The van der Waals surface area contributed by atoms with Crippen LogP contribution in [0.25, 0.3) is 99.5 Å². The van der Waals surface area contributed by atoms with Crippen LogP contribution in [0.1, 0.15) is 0 Å². The van der Waals surface area contributed by atoms with E-state index in [1.54, 1.807) is 0 Å². The fraction of sp³-hybridized carbons (Fsp3) is 0. The van der Waals surface area contributed by atoms with Crippen molar-refractivity contribution in [3.05, 3.63) is 218 Å². The van der Waals surface area contributed by atoms with Crippen molar-refractivity contribution in [1.82, 2.24) is 9.13 Å². The van der Waals surface area contributed by atoms with Gasteiger partial charge in [-0.1, -0.05) is 146 Å². The van der Waals surface area contributed by atoms with E-state index in [-0.39, 0.29) is 0 Å². The standard InChI is InChI=1S/C54H36N2/c1-2-13-37(14-3-1)42-34-43(39-27-31-46(32-28-39)56-53-23-10-6-19-49(53)50-20-7-11-24-54(50)56)36-44(35-42)41-16-12-15-40(33-41)38-25-29-45(30-26-38)55-51-21-8-4-17-47(51)48-18-5-9-22-52(48)55/h1-36H. The Hall–Kier alpha value is -7.42. The van der Waals surface area contributed by atoms with Gasteiger partial charge in [-0.3, -0.25) is 0 Å². The molecule has 11 aromatic rings. The average molecular weight is 713 g/mol. The van der Waals surface area contributed by atoms with E-state index >= 15 is 0 Å². The molecule has 0 atom stereocenters. The summed E-state index contributed by atoms with van der Waals surface area (Å²) in [6, 6.07) is 79.4. The first-order chi connectivity index (χ1) is 27.8. The topological polar surface area (TPSA) is 9.86 Å². The van der Waals surface area contributed by atoms with Gasteiger partial charge in [0.15, 0.2) is 0 Å². The van der Waals surface area contributed by atoms with E-state index < -0.39 is 0 Å². The number of hydrogen-bond acceptors (Lipinski definition) is 0. The van der Waals surface area contributed by atoms with E-state index in [4.69, 9.17) is 0 Å². The second-order valence-electron chi connectivity index (χ2n) is 14.6. The van der Waals surface area contributed by atoms with Crippen LogP contribution in [0.15, 0.2) is 218 Å². The van der Waals surface area contributed by atoms with E-state index in [9.17, 15) is 0 Å². The molecule has 0 aliphatic heterocycles. The fourth-order valence-corrected chi connectivity index (χ4v) is 8.64. The van der Waals surface area contributed by atoms with Gasteiger partial charge in [-0.15, -0.1) is 0 Å². The van der Waals surface area contributed by atoms with Crippen molar-refractivity contribution >= 4 is 43.6 Å². The van der Waals surface area contributed by atoms with Crippen LogP contribution in [-0.4, -0.2) is 9.13 Å². The maximum absolute atomic E-state index is 2.38. The van der Waals surface area contributed by atoms with Gasteiger partial charge in [0.25, 0.3) is 0 Å². The molecule has 56 heavy (non-hydrogen) atoms. The minimum absolute atomic E-state index is 1.16. The number of benzene rings is 9. The molecule has 2 aromatic heterocycles. The first kappa shape index (κ1) is 32.0. The van der Waals surface area contributed by atoms with Crippen LogP contribution in [0.2, 0.25) is 0 Å². The predicted molar refractivity (Wildman–Crippen MR) is 237 cm³/mol. The lowest BCUT2D eigenvalue weighted by molar-refractivity contribution is 1.18. The molecule has 0 aliphatic rings. The SMILES string of the molecule is c1ccc(-c2cc(-c3ccc(-n4c5ccccc5c5ccccc54)cc3)cc(-c3cccc(-c4ccc(-n5c6ccccc6c6ccccc65)cc4)c3)c2)cc1. The van der Waals surface area contributed by atoms with Crippen LogP contribution in [0.5, 0.6) is 0 Å². The third-order valence-corrected chi connectivity index (χ3v) is 11.3. The number of nitrogens with zero attached hydrogens (tertiary/aromatic N) is 2. The highest BCUT2D eigenvalue weighted by molar-refractivity contribution is 6.10. The highest BCUT2D eigenvalue weighted by Crippen LogP contribution is 2.37. The van der Waals surface area contributed by atoms with Crippen molar-refractivity contribution in [3.8, 4) is 55.9 Å². The first-order valence-electron chi connectivity index (χ1n) is 19.3. The summed E-state index contributed by atoms with van der Waals surface area (Å²) in [4.78, 5) is 0. The maximum atomic E-state index is 2.38. The number of rotatable bonds is 6. The summed E-state index contributed by atoms with van der Waals surface area (Å²) in [6.45, 7) is 0. The lowest BCUT2D eigenvalue weighted by Crippen LogP contribution is -1.94. The number of hydrogen-bond donors (Lipinski definition) is 0. The van der Waals surface area contributed by atoms with Gasteiger partial charge in [0.1, 0.15) is 0 Å². The second-order valence-corrected chi connectivity index (χ2v) is 14.6. The van der Waals surface area contributed by atoms with Gasteiger partial charge in [-0.05, 0) is 117 Å². The number of para-hydroxylation sites is 4. The Morgan fingerprint density at radius 3 is 0.911 bits per heavy atom. The monoisotopic (exact) mass is 712 g/mol. The van der Waals surface area contributed by atoms with Crippen LogP contribution in [0, 0.1) is 0 Å². The molecule has 0 radical (unpaired) electrons. The van der Waals surface area contributed by atoms with Crippen molar-refractivity contribution in [2.45, 2.75) is 0 Å². The van der Waals surface area contributed by atoms with Crippen LogP contribution in [0.4, 0.5) is 0 Å². The lowest BCUT2D eigenvalue weighted by atomic mass is 9.92. The van der Waals surface area contributed by atoms with Gasteiger partial charge in [-0.25, -0.2) is 0 Å². The minimum atomic E-state index is 1.16. The summed E-state index contributed by atoms with van der Waals surface area (Å²) >= 11 is 0. The van der Waals surface area contributed by atoms with E-state index in [1.165, 1.54) is 88.1 Å². The summed E-state index contributed by atoms with van der Waals surface area (Å²) in [5.41, 5.74) is 16.7. The molecule has 0 saturated carbocycles. The van der Waals surface area contributed by atoms with E-state index in [0.717, 1.165) is 11.4 Å². The Labute approximate surface area is 325 Å². The third kappa shape index (κ3) is 5.34. The molecule has 0 unspecified atom stereocenters. The van der Waals surface area contributed by atoms with Crippen LogP contribution in [-0.2, 0) is 0 Å². The Morgan fingerprint density at radius 1 is 0.196 bits per heavy atom. The van der Waals surface area contributed by atoms with Gasteiger partial charge in [0.2, 0.25) is 0 Å². The molecule has 0 bridgehead atoms. The molecule has 2 nitrogen and oxygen atoms in total. The third-order valence-electron chi connectivity index (χ3n) is 11.3. The molecular weight excluding hydrogens is 677 g/mol. The number of fused-ring (bicyclic) bond motifs is 6. The second kappa shape index (κ2) is 13.2. The lowest BCUT2D eigenvalue weighted by Gasteiger charge is -2.14. The normalized spacial score (nSPS) is 11.6. The van der Waals surface area contributed by atoms with E-state index in [0.29, 0.717) is 0 Å². The van der Waals surface area contributed by atoms with Gasteiger partial charge in [0.05, 0.1) is 22.1 Å². The molecular formula is C54H36N2. The van der Waals surface area contributed by atoms with Crippen molar-refractivity contribution in [2.24, 2.45) is 0 Å². The zero-order valence-electron chi connectivity index (χ0n) is 30.7. The summed E-state index contributed by atoms with van der Waals surface area (Å²) in [5.74, 6) is 0. The molecule has 0 aliphatic carbocycles. The van der Waals surface area contributed by atoms with Gasteiger partial charge in [0, 0.05) is 32.9 Å². The van der Waals surface area contributed by atoms with E-state index in [2.05, 4.69) is 228 Å². The molecule has 0 N–H and O–H groups in total. The highest BCUT2D eigenvalue weighted by atomic mass is 15.0. The molecule has 2 heteroatoms. The predicted octanol–water partition coefficient (Wildman–Crippen LogP) is 14.5. The number of aromatic nitrogens is 2. The van der Waals surface area contributed by atoms with Crippen LogP contribution >= 0.6 is 0 Å². The zero-order chi connectivity index (χ0) is 37.0. The Kier molecular flexibility index (Phi) is 7.53. The van der Waals surface area contributed by atoms with Gasteiger partial charge >= 0.3 is 0 Å². The summed E-state index contributed by atoms with van der Waals surface area (Å²) < 4.78 is 4.75. The fourth-order valence-electron chi connectivity index (χ4n) is 8.64. The molecule has 2 heterocycles. The smallest absolute Gasteiger partial charge is 0.0541 e. The zero-order valence-corrected chi connectivity index (χ0v) is 30.7. The molecule has 0 fully saturated rings.